The van der Waals surface area contributed by atoms with Crippen LogP contribution >= 0.6 is 0 Å². The maximum Gasteiger partial charge on any atom is 0.251 e. The lowest BCUT2D eigenvalue weighted by Gasteiger charge is -2.17. The molecular weight excluding hydrogens is 319 g/mol. The molecule has 130 valence electrons. The summed E-state index contributed by atoms with van der Waals surface area (Å²) in [5.41, 5.74) is 2.16. The van der Waals surface area contributed by atoms with Gasteiger partial charge in [0.15, 0.2) is 0 Å². The van der Waals surface area contributed by atoms with E-state index in [0.29, 0.717) is 24.1 Å². The average Bonchev–Trinajstić information content (AvgIpc) is 3.42. The molecule has 2 amide bonds. The molecule has 0 aliphatic heterocycles. The van der Waals surface area contributed by atoms with E-state index in [1.54, 1.807) is 49.3 Å². The van der Waals surface area contributed by atoms with Crippen molar-refractivity contribution in [2.24, 2.45) is 5.92 Å². The van der Waals surface area contributed by atoms with Crippen LogP contribution in [0.25, 0.3) is 0 Å². The normalized spacial score (nSPS) is 18.5. The molecular formula is C20H21FN2O2. The second-order valence-electron chi connectivity index (χ2n) is 6.44. The molecule has 0 spiro atoms. The number of carbonyl (C=O) groups is 2. The molecule has 0 aromatic heterocycles. The van der Waals surface area contributed by atoms with Gasteiger partial charge in [0.25, 0.3) is 5.91 Å². The van der Waals surface area contributed by atoms with Crippen LogP contribution in [-0.4, -0.2) is 30.8 Å². The predicted molar refractivity (Wildman–Crippen MR) is 93.6 cm³/mol. The van der Waals surface area contributed by atoms with Crippen molar-refractivity contribution in [2.75, 3.05) is 14.1 Å². The highest BCUT2D eigenvalue weighted by Gasteiger charge is 2.46. The molecule has 1 fully saturated rings. The standard InChI is InChI=1S/C20H21FN2O2/c1-22-19(24)14-9-7-13(8-10-14)12-23(2)20(25)17-11-16(17)15-5-3-4-6-18(15)21/h3-10,16-17H,11-12H2,1-2H3,(H,22,24). The fraction of sp³-hybridized carbons (Fsp3) is 0.300. The Hall–Kier alpha value is -2.69. The van der Waals surface area contributed by atoms with Gasteiger partial charge in [-0.05, 0) is 41.7 Å². The van der Waals surface area contributed by atoms with Crippen LogP contribution in [0.15, 0.2) is 48.5 Å². The van der Waals surface area contributed by atoms with Crippen LogP contribution in [0.4, 0.5) is 4.39 Å². The predicted octanol–water partition coefficient (Wildman–Crippen LogP) is 2.95. The molecule has 2 aromatic carbocycles. The highest BCUT2D eigenvalue weighted by atomic mass is 19.1. The fourth-order valence-corrected chi connectivity index (χ4v) is 3.13. The van der Waals surface area contributed by atoms with E-state index < -0.39 is 0 Å². The molecule has 0 saturated heterocycles. The van der Waals surface area contributed by atoms with E-state index in [-0.39, 0.29) is 29.5 Å². The molecule has 1 aliphatic carbocycles. The van der Waals surface area contributed by atoms with Crippen LogP contribution < -0.4 is 5.32 Å². The third kappa shape index (κ3) is 3.71. The summed E-state index contributed by atoms with van der Waals surface area (Å²) in [6.45, 7) is 0.466. The van der Waals surface area contributed by atoms with Gasteiger partial charge in [-0.15, -0.1) is 0 Å². The summed E-state index contributed by atoms with van der Waals surface area (Å²) in [6.07, 6.45) is 0.694. The zero-order valence-electron chi connectivity index (χ0n) is 14.3. The Bertz CT molecular complexity index is 789. The summed E-state index contributed by atoms with van der Waals surface area (Å²) in [5.74, 6) is -0.514. The van der Waals surface area contributed by atoms with Gasteiger partial charge in [-0.1, -0.05) is 30.3 Å². The molecule has 0 radical (unpaired) electrons. The van der Waals surface area contributed by atoms with Gasteiger partial charge in [0.05, 0.1) is 0 Å². The number of hydrogen-bond donors (Lipinski definition) is 1. The highest BCUT2D eigenvalue weighted by Crippen LogP contribution is 2.49. The third-order valence-corrected chi connectivity index (χ3v) is 4.65. The number of hydrogen-bond acceptors (Lipinski definition) is 2. The monoisotopic (exact) mass is 340 g/mol. The zero-order chi connectivity index (χ0) is 18.0. The van der Waals surface area contributed by atoms with Gasteiger partial charge in [0.1, 0.15) is 5.82 Å². The minimum absolute atomic E-state index is 0.0215. The number of benzene rings is 2. The second-order valence-corrected chi connectivity index (χ2v) is 6.44. The van der Waals surface area contributed by atoms with Crippen molar-refractivity contribution < 1.29 is 14.0 Å². The molecule has 1 saturated carbocycles. The Morgan fingerprint density at radius 1 is 1.16 bits per heavy atom. The maximum atomic E-state index is 13.8. The summed E-state index contributed by atoms with van der Waals surface area (Å²) >= 11 is 0. The van der Waals surface area contributed by atoms with Gasteiger partial charge in [-0.3, -0.25) is 9.59 Å². The van der Waals surface area contributed by atoms with Gasteiger partial charge in [-0.25, -0.2) is 4.39 Å². The third-order valence-electron chi connectivity index (χ3n) is 4.65. The Morgan fingerprint density at radius 2 is 1.84 bits per heavy atom. The van der Waals surface area contributed by atoms with Crippen LogP contribution in [0.2, 0.25) is 0 Å². The smallest absolute Gasteiger partial charge is 0.251 e. The fourth-order valence-electron chi connectivity index (χ4n) is 3.13. The van der Waals surface area contributed by atoms with E-state index in [0.717, 1.165) is 5.56 Å². The Morgan fingerprint density at radius 3 is 2.48 bits per heavy atom. The summed E-state index contributed by atoms with van der Waals surface area (Å²) in [4.78, 5) is 25.8. The minimum atomic E-state index is -0.241. The summed E-state index contributed by atoms with van der Waals surface area (Å²) in [7, 11) is 3.34. The molecule has 0 heterocycles. The van der Waals surface area contributed by atoms with Gasteiger partial charge in [0, 0.05) is 32.1 Å². The molecule has 25 heavy (non-hydrogen) atoms. The quantitative estimate of drug-likeness (QED) is 0.910. The molecule has 2 atom stereocenters. The summed E-state index contributed by atoms with van der Waals surface area (Å²) in [6, 6.07) is 13.8. The van der Waals surface area contributed by atoms with Crippen LogP contribution in [0, 0.1) is 11.7 Å². The molecule has 3 rings (SSSR count). The maximum absolute atomic E-state index is 13.8. The number of nitrogens with one attached hydrogen (secondary N) is 1. The molecule has 4 nitrogen and oxygen atoms in total. The number of halogens is 1. The molecule has 2 aromatic rings. The van der Waals surface area contributed by atoms with Crippen molar-refractivity contribution in [3.8, 4) is 0 Å². The Balaban J connectivity index is 1.60. The first-order valence-corrected chi connectivity index (χ1v) is 8.31. The van der Waals surface area contributed by atoms with Crippen molar-refractivity contribution in [3.05, 3.63) is 71.0 Å². The molecule has 0 bridgehead atoms. The van der Waals surface area contributed by atoms with E-state index in [2.05, 4.69) is 5.32 Å². The van der Waals surface area contributed by atoms with E-state index in [1.807, 2.05) is 12.1 Å². The van der Waals surface area contributed by atoms with E-state index in [4.69, 9.17) is 0 Å². The molecule has 2 unspecified atom stereocenters. The zero-order valence-corrected chi connectivity index (χ0v) is 14.3. The lowest BCUT2D eigenvalue weighted by atomic mass is 10.1. The first-order chi connectivity index (χ1) is 12.0. The average molecular weight is 340 g/mol. The highest BCUT2D eigenvalue weighted by molar-refractivity contribution is 5.93. The first kappa shape index (κ1) is 17.1. The van der Waals surface area contributed by atoms with Crippen molar-refractivity contribution in [1.82, 2.24) is 10.2 Å². The number of nitrogens with zero attached hydrogens (tertiary/aromatic N) is 1. The van der Waals surface area contributed by atoms with Gasteiger partial charge in [-0.2, -0.15) is 0 Å². The topological polar surface area (TPSA) is 49.4 Å². The first-order valence-electron chi connectivity index (χ1n) is 8.31. The largest absolute Gasteiger partial charge is 0.355 e. The van der Waals surface area contributed by atoms with Gasteiger partial charge < -0.3 is 10.2 Å². The summed E-state index contributed by atoms with van der Waals surface area (Å²) < 4.78 is 13.8. The lowest BCUT2D eigenvalue weighted by Crippen LogP contribution is -2.28. The van der Waals surface area contributed by atoms with Crippen molar-refractivity contribution in [3.63, 3.8) is 0 Å². The Kier molecular flexibility index (Phi) is 4.83. The van der Waals surface area contributed by atoms with E-state index in [1.165, 1.54) is 6.07 Å². The van der Waals surface area contributed by atoms with Crippen LogP contribution in [-0.2, 0) is 11.3 Å². The van der Waals surface area contributed by atoms with Crippen molar-refractivity contribution in [2.45, 2.75) is 18.9 Å². The number of carbonyl (C=O) groups excluding carboxylic acids is 2. The number of rotatable bonds is 5. The molecule has 1 aliphatic rings. The van der Waals surface area contributed by atoms with Crippen LogP contribution in [0.5, 0.6) is 0 Å². The molecule has 5 heteroatoms. The van der Waals surface area contributed by atoms with Crippen LogP contribution in [0.3, 0.4) is 0 Å². The minimum Gasteiger partial charge on any atom is -0.355 e. The second kappa shape index (κ2) is 7.05. The van der Waals surface area contributed by atoms with Gasteiger partial charge >= 0.3 is 0 Å². The Labute approximate surface area is 146 Å². The van der Waals surface area contributed by atoms with Crippen molar-refractivity contribution >= 4 is 11.8 Å². The van der Waals surface area contributed by atoms with E-state index in [9.17, 15) is 14.0 Å². The molecule has 1 N–H and O–H groups in total. The SMILES string of the molecule is CNC(=O)c1ccc(CN(C)C(=O)C2CC2c2ccccc2F)cc1. The summed E-state index contributed by atoms with van der Waals surface area (Å²) in [5, 5.41) is 2.57. The lowest BCUT2D eigenvalue weighted by molar-refractivity contribution is -0.131. The van der Waals surface area contributed by atoms with Gasteiger partial charge in [0.2, 0.25) is 5.91 Å². The van der Waals surface area contributed by atoms with Crippen LogP contribution in [0.1, 0.15) is 33.8 Å². The van der Waals surface area contributed by atoms with Crippen molar-refractivity contribution in [1.29, 1.82) is 0 Å². The number of amides is 2. The van der Waals surface area contributed by atoms with E-state index >= 15 is 0 Å².